The van der Waals surface area contributed by atoms with E-state index in [0.717, 1.165) is 25.9 Å². The van der Waals surface area contributed by atoms with Crippen LogP contribution in [0.4, 0.5) is 24.8 Å². The largest absolute Gasteiger partial charge is 0.451 e. The summed E-state index contributed by atoms with van der Waals surface area (Å²) in [5, 5.41) is 3.12. The Balaban J connectivity index is 1.77. The van der Waals surface area contributed by atoms with Gasteiger partial charge in [0.15, 0.2) is 0 Å². The highest BCUT2D eigenvalue weighted by molar-refractivity contribution is 5.46. The van der Waals surface area contributed by atoms with E-state index in [1.807, 2.05) is 0 Å². The molecule has 0 spiro atoms. The molecule has 2 aliphatic heterocycles. The molecule has 1 aromatic heterocycles. The maximum absolute atomic E-state index is 12.7. The number of hydrogen-bond donors (Lipinski definition) is 2. The molecule has 2 aliphatic rings. The van der Waals surface area contributed by atoms with Crippen LogP contribution in [0.2, 0.25) is 0 Å². The van der Waals surface area contributed by atoms with E-state index >= 15 is 0 Å². The smallest absolute Gasteiger partial charge is 0.384 e. The zero-order valence-electron chi connectivity index (χ0n) is 11.5. The normalized spacial score (nSPS) is 26.6. The summed E-state index contributed by atoms with van der Waals surface area (Å²) in [6.07, 6.45) is -0.237. The number of fused-ring (bicyclic) bond motifs is 1. The lowest BCUT2D eigenvalue weighted by Crippen LogP contribution is -2.41. The molecular weight excluding hydrogens is 283 g/mol. The molecule has 1 aromatic rings. The van der Waals surface area contributed by atoms with Gasteiger partial charge in [0, 0.05) is 24.7 Å². The summed E-state index contributed by atoms with van der Waals surface area (Å²) >= 11 is 0. The van der Waals surface area contributed by atoms with E-state index in [1.54, 1.807) is 0 Å². The molecule has 2 saturated heterocycles. The molecule has 3 heterocycles. The number of nitrogens with one attached hydrogen (secondary N) is 1. The Hall–Kier alpha value is -1.57. The van der Waals surface area contributed by atoms with Gasteiger partial charge in [-0.3, -0.25) is 4.90 Å². The van der Waals surface area contributed by atoms with Crippen LogP contribution in [0.1, 0.15) is 31.5 Å². The van der Waals surface area contributed by atoms with E-state index in [-0.39, 0.29) is 17.7 Å². The second kappa shape index (κ2) is 5.32. The van der Waals surface area contributed by atoms with Crippen LogP contribution in [0, 0.1) is 0 Å². The topological polar surface area (TPSA) is 67.1 Å². The zero-order chi connectivity index (χ0) is 15.0. The zero-order valence-corrected chi connectivity index (χ0v) is 11.5. The summed E-state index contributed by atoms with van der Waals surface area (Å²) in [7, 11) is 0. The second-order valence-corrected chi connectivity index (χ2v) is 5.64. The van der Waals surface area contributed by atoms with Crippen molar-refractivity contribution in [3.05, 3.63) is 11.9 Å². The van der Waals surface area contributed by atoms with Crippen molar-refractivity contribution in [1.29, 1.82) is 0 Å². The average molecular weight is 301 g/mol. The molecule has 2 unspecified atom stereocenters. The third-order valence-corrected chi connectivity index (χ3v) is 4.19. The Morgan fingerprint density at radius 1 is 1.19 bits per heavy atom. The van der Waals surface area contributed by atoms with Gasteiger partial charge in [-0.05, 0) is 25.8 Å². The molecular formula is C13H18F3N5. The number of nitrogens with zero attached hydrogens (tertiary/aromatic N) is 3. The van der Waals surface area contributed by atoms with Gasteiger partial charge in [-0.25, -0.2) is 9.97 Å². The minimum absolute atomic E-state index is 0.126. The maximum atomic E-state index is 12.7. The standard InChI is InChI=1S/C13H18F3N5/c14-13(15,16)12-19-10(17)7-11(20-12)18-8-4-6-21-5-2-1-3-9(8)21/h7-9H,1-6H2,(H3,17,18,19,20). The Kier molecular flexibility index (Phi) is 3.64. The number of rotatable bonds is 2. The number of anilines is 2. The number of nitrogens with two attached hydrogens (primary N) is 1. The molecule has 2 atom stereocenters. The van der Waals surface area contributed by atoms with Crippen molar-refractivity contribution in [1.82, 2.24) is 14.9 Å². The van der Waals surface area contributed by atoms with Gasteiger partial charge < -0.3 is 11.1 Å². The fourth-order valence-electron chi connectivity index (χ4n) is 3.27. The lowest BCUT2D eigenvalue weighted by Gasteiger charge is -2.32. The van der Waals surface area contributed by atoms with Crippen LogP contribution >= 0.6 is 0 Å². The summed E-state index contributed by atoms with van der Waals surface area (Å²) in [6, 6.07) is 1.87. The molecule has 0 bridgehead atoms. The average Bonchev–Trinajstić information content (AvgIpc) is 2.81. The van der Waals surface area contributed by atoms with Crippen molar-refractivity contribution >= 4 is 11.6 Å². The summed E-state index contributed by atoms with van der Waals surface area (Å²) in [5.41, 5.74) is 5.46. The minimum atomic E-state index is -4.58. The monoisotopic (exact) mass is 301 g/mol. The second-order valence-electron chi connectivity index (χ2n) is 5.64. The van der Waals surface area contributed by atoms with Gasteiger partial charge in [0.25, 0.3) is 0 Å². The first-order valence-electron chi connectivity index (χ1n) is 7.16. The lowest BCUT2D eigenvalue weighted by atomic mass is 9.99. The number of nitrogen functional groups attached to an aromatic ring is 1. The van der Waals surface area contributed by atoms with Gasteiger partial charge in [-0.1, -0.05) is 6.42 Å². The molecule has 3 N–H and O–H groups in total. The van der Waals surface area contributed by atoms with Crippen molar-refractivity contribution in [2.24, 2.45) is 0 Å². The highest BCUT2D eigenvalue weighted by atomic mass is 19.4. The third-order valence-electron chi connectivity index (χ3n) is 4.19. The Labute approximate surface area is 120 Å². The Morgan fingerprint density at radius 2 is 2.00 bits per heavy atom. The maximum Gasteiger partial charge on any atom is 0.451 e. The first kappa shape index (κ1) is 14.4. The summed E-state index contributed by atoms with van der Waals surface area (Å²) < 4.78 is 38.1. The van der Waals surface area contributed by atoms with E-state index in [1.165, 1.54) is 18.9 Å². The highest BCUT2D eigenvalue weighted by Crippen LogP contribution is 2.31. The summed E-state index contributed by atoms with van der Waals surface area (Å²) in [6.45, 7) is 2.05. The van der Waals surface area contributed by atoms with Crippen LogP contribution in [-0.4, -0.2) is 40.0 Å². The number of hydrogen-bond acceptors (Lipinski definition) is 5. The fraction of sp³-hybridized carbons (Fsp3) is 0.692. The summed E-state index contributed by atoms with van der Waals surface area (Å²) in [5.74, 6) is -1.20. The van der Waals surface area contributed by atoms with E-state index in [2.05, 4.69) is 20.2 Å². The first-order valence-corrected chi connectivity index (χ1v) is 7.16. The highest BCUT2D eigenvalue weighted by Gasteiger charge is 2.37. The van der Waals surface area contributed by atoms with Gasteiger partial charge in [0.05, 0.1) is 0 Å². The van der Waals surface area contributed by atoms with Crippen LogP contribution in [0.25, 0.3) is 0 Å². The predicted octanol–water partition coefficient (Wildman–Crippen LogP) is 2.12. The van der Waals surface area contributed by atoms with Gasteiger partial charge in [0.1, 0.15) is 11.6 Å². The Morgan fingerprint density at radius 3 is 2.76 bits per heavy atom. The minimum Gasteiger partial charge on any atom is -0.384 e. The van der Waals surface area contributed by atoms with Crippen molar-refractivity contribution < 1.29 is 13.2 Å². The molecule has 3 rings (SSSR count). The SMILES string of the molecule is Nc1cc(NC2CCN3CCCCC23)nc(C(F)(F)F)n1. The molecule has 2 fully saturated rings. The van der Waals surface area contributed by atoms with Crippen LogP contribution in [0.3, 0.4) is 0 Å². The van der Waals surface area contributed by atoms with Crippen molar-refractivity contribution in [2.45, 2.75) is 43.9 Å². The van der Waals surface area contributed by atoms with Crippen LogP contribution in [-0.2, 0) is 6.18 Å². The first-order chi connectivity index (χ1) is 9.93. The predicted molar refractivity (Wildman–Crippen MR) is 72.7 cm³/mol. The number of piperidine rings is 1. The molecule has 0 aliphatic carbocycles. The molecule has 8 heteroatoms. The fourth-order valence-corrected chi connectivity index (χ4v) is 3.27. The molecule has 116 valence electrons. The molecule has 0 saturated carbocycles. The molecule has 5 nitrogen and oxygen atoms in total. The van der Waals surface area contributed by atoms with Crippen LogP contribution in [0.5, 0.6) is 0 Å². The Bertz CT molecular complexity index is 519. The van der Waals surface area contributed by atoms with Crippen molar-refractivity contribution in [2.75, 3.05) is 24.1 Å². The van der Waals surface area contributed by atoms with Crippen molar-refractivity contribution in [3.63, 3.8) is 0 Å². The quantitative estimate of drug-likeness (QED) is 0.876. The number of aromatic nitrogens is 2. The summed E-state index contributed by atoms with van der Waals surface area (Å²) in [4.78, 5) is 9.21. The molecule has 0 amide bonds. The third kappa shape index (κ3) is 3.04. The van der Waals surface area contributed by atoms with Gasteiger partial charge in [-0.2, -0.15) is 13.2 Å². The van der Waals surface area contributed by atoms with E-state index in [4.69, 9.17) is 5.73 Å². The van der Waals surface area contributed by atoms with Crippen molar-refractivity contribution in [3.8, 4) is 0 Å². The molecule has 0 radical (unpaired) electrons. The van der Waals surface area contributed by atoms with Gasteiger partial charge in [-0.15, -0.1) is 0 Å². The van der Waals surface area contributed by atoms with Gasteiger partial charge in [0.2, 0.25) is 5.82 Å². The van der Waals surface area contributed by atoms with Gasteiger partial charge >= 0.3 is 6.18 Å². The van der Waals surface area contributed by atoms with Crippen LogP contribution < -0.4 is 11.1 Å². The van der Waals surface area contributed by atoms with E-state index < -0.39 is 12.0 Å². The van der Waals surface area contributed by atoms with Crippen LogP contribution in [0.15, 0.2) is 6.07 Å². The number of halogens is 3. The molecule has 0 aromatic carbocycles. The van der Waals surface area contributed by atoms with E-state index in [0.29, 0.717) is 6.04 Å². The molecule has 21 heavy (non-hydrogen) atoms. The lowest BCUT2D eigenvalue weighted by molar-refractivity contribution is -0.144. The van der Waals surface area contributed by atoms with E-state index in [9.17, 15) is 13.2 Å². The number of alkyl halides is 3.